The molecule has 0 aromatic heterocycles. The lowest BCUT2D eigenvalue weighted by Crippen LogP contribution is -2.41. The molecule has 3 atom stereocenters. The summed E-state index contributed by atoms with van der Waals surface area (Å²) in [7, 11) is 0. The van der Waals surface area contributed by atoms with Crippen molar-refractivity contribution in [2.75, 3.05) is 0 Å². The second kappa shape index (κ2) is 1.34. The first kappa shape index (κ1) is 5.72. The summed E-state index contributed by atoms with van der Waals surface area (Å²) in [6.45, 7) is 4.72. The molecule has 3 rings (SSSR count). The third kappa shape index (κ3) is 0.493. The van der Waals surface area contributed by atoms with Gasteiger partial charge in [-0.15, -0.1) is 0 Å². The molecule has 9 heavy (non-hydrogen) atoms. The molecule has 3 fully saturated rings. The molecule has 52 valence electrons. The lowest BCUT2D eigenvalue weighted by molar-refractivity contribution is 0.0480. The molecule has 2 N–H and O–H groups in total. The average molecular weight is 125 g/mol. The summed E-state index contributed by atoms with van der Waals surface area (Å²) in [6.07, 6.45) is 2.70. The smallest absolute Gasteiger partial charge is 0.00753 e. The predicted molar refractivity (Wildman–Crippen MR) is 38.0 cm³/mol. The molecule has 0 unspecified atom stereocenters. The molecule has 3 aliphatic rings. The first-order valence-electron chi connectivity index (χ1n) is 3.88. The fourth-order valence-electron chi connectivity index (χ4n) is 2.68. The zero-order chi connectivity index (χ0) is 6.65. The molecule has 0 amide bonds. The van der Waals surface area contributed by atoms with Crippen LogP contribution < -0.4 is 5.73 Å². The second-order valence-electron chi connectivity index (χ2n) is 4.26. The highest BCUT2D eigenvalue weighted by molar-refractivity contribution is 5.08. The molecular weight excluding hydrogens is 110 g/mol. The zero-order valence-corrected chi connectivity index (χ0v) is 6.22. The lowest BCUT2D eigenvalue weighted by Gasteiger charge is -2.44. The van der Waals surface area contributed by atoms with E-state index in [1.54, 1.807) is 0 Å². The molecule has 3 aliphatic carbocycles. The van der Waals surface area contributed by atoms with Crippen LogP contribution in [0.5, 0.6) is 0 Å². The van der Waals surface area contributed by atoms with Gasteiger partial charge in [0.05, 0.1) is 0 Å². The third-order valence-corrected chi connectivity index (χ3v) is 3.62. The van der Waals surface area contributed by atoms with Crippen LogP contribution >= 0.6 is 0 Å². The normalized spacial score (nSPS) is 53.0. The van der Waals surface area contributed by atoms with Gasteiger partial charge in [-0.2, -0.15) is 0 Å². The largest absolute Gasteiger partial charge is 0.327 e. The standard InChI is InChI=1S/C8H15N/c1-8(2)5-3-6(8)7(9)4-5/h5-7H,3-4,9H2,1-2H3/t5-,6-,7+/m1/s1. The fourth-order valence-corrected chi connectivity index (χ4v) is 2.68. The van der Waals surface area contributed by atoms with Crippen LogP contribution in [0.25, 0.3) is 0 Å². The van der Waals surface area contributed by atoms with Gasteiger partial charge in [0.15, 0.2) is 0 Å². The second-order valence-corrected chi connectivity index (χ2v) is 4.26. The minimum absolute atomic E-state index is 0.532. The quantitative estimate of drug-likeness (QED) is 0.520. The predicted octanol–water partition coefficient (Wildman–Crippen LogP) is 1.38. The topological polar surface area (TPSA) is 26.0 Å². The van der Waals surface area contributed by atoms with Gasteiger partial charge >= 0.3 is 0 Å². The Balaban J connectivity index is 2.22. The van der Waals surface area contributed by atoms with Crippen LogP contribution in [-0.2, 0) is 0 Å². The highest BCUT2D eigenvalue weighted by Gasteiger charge is 2.56. The van der Waals surface area contributed by atoms with Crippen LogP contribution in [0.3, 0.4) is 0 Å². The van der Waals surface area contributed by atoms with Crippen molar-refractivity contribution >= 4 is 0 Å². The van der Waals surface area contributed by atoms with Gasteiger partial charge in [-0.3, -0.25) is 0 Å². The zero-order valence-electron chi connectivity index (χ0n) is 6.22. The summed E-state index contributed by atoms with van der Waals surface area (Å²) in [5, 5.41) is 0. The van der Waals surface area contributed by atoms with Crippen molar-refractivity contribution in [3.05, 3.63) is 0 Å². The lowest BCUT2D eigenvalue weighted by atomic mass is 9.61. The van der Waals surface area contributed by atoms with E-state index >= 15 is 0 Å². The first-order valence-corrected chi connectivity index (χ1v) is 3.88. The minimum Gasteiger partial charge on any atom is -0.327 e. The maximum atomic E-state index is 5.90. The Morgan fingerprint density at radius 3 is 2.11 bits per heavy atom. The molecule has 0 aliphatic heterocycles. The average Bonchev–Trinajstić information content (AvgIpc) is 2.20. The van der Waals surface area contributed by atoms with Crippen LogP contribution in [0.15, 0.2) is 0 Å². The van der Waals surface area contributed by atoms with Gasteiger partial charge in [0, 0.05) is 6.04 Å². The van der Waals surface area contributed by atoms with E-state index < -0.39 is 0 Å². The van der Waals surface area contributed by atoms with Gasteiger partial charge in [-0.1, -0.05) is 13.8 Å². The Morgan fingerprint density at radius 2 is 2.00 bits per heavy atom. The molecule has 0 radical (unpaired) electrons. The molecule has 0 aromatic rings. The highest BCUT2D eigenvalue weighted by atomic mass is 14.8. The molecule has 1 heteroatoms. The van der Waals surface area contributed by atoms with Gasteiger partial charge in [0.1, 0.15) is 0 Å². The summed E-state index contributed by atoms with van der Waals surface area (Å²) >= 11 is 0. The molecule has 0 spiro atoms. The third-order valence-electron chi connectivity index (χ3n) is 3.62. The van der Waals surface area contributed by atoms with Crippen molar-refractivity contribution in [3.8, 4) is 0 Å². The van der Waals surface area contributed by atoms with Crippen molar-refractivity contribution in [3.63, 3.8) is 0 Å². The molecule has 0 heterocycles. The van der Waals surface area contributed by atoms with Crippen molar-refractivity contribution in [2.24, 2.45) is 23.0 Å². The maximum absolute atomic E-state index is 5.90. The number of fused-ring (bicyclic) bond motifs is 1. The van der Waals surface area contributed by atoms with Gasteiger partial charge in [-0.25, -0.2) is 0 Å². The van der Waals surface area contributed by atoms with E-state index in [2.05, 4.69) is 13.8 Å². The molecule has 0 saturated heterocycles. The number of hydrogen-bond acceptors (Lipinski definition) is 1. The number of nitrogens with two attached hydrogens (primary N) is 1. The van der Waals surface area contributed by atoms with E-state index in [-0.39, 0.29) is 0 Å². The van der Waals surface area contributed by atoms with Gasteiger partial charge < -0.3 is 5.73 Å². The molecule has 0 aromatic carbocycles. The van der Waals surface area contributed by atoms with E-state index in [0.29, 0.717) is 11.5 Å². The Kier molecular flexibility index (Phi) is 0.852. The highest BCUT2D eigenvalue weighted by Crippen LogP contribution is 2.61. The Morgan fingerprint density at radius 1 is 1.33 bits per heavy atom. The summed E-state index contributed by atoms with van der Waals surface area (Å²) in [4.78, 5) is 0. The summed E-state index contributed by atoms with van der Waals surface area (Å²) in [6, 6.07) is 0.532. The van der Waals surface area contributed by atoms with Gasteiger partial charge in [-0.05, 0) is 30.1 Å². The SMILES string of the molecule is CC1(C)[C@@H]2C[C@@H]1[C@@H](N)C2. The Labute approximate surface area is 56.6 Å². The summed E-state index contributed by atoms with van der Waals surface area (Å²) in [5.74, 6) is 1.81. The molecule has 3 saturated carbocycles. The summed E-state index contributed by atoms with van der Waals surface area (Å²) < 4.78 is 0. The van der Waals surface area contributed by atoms with E-state index in [4.69, 9.17) is 5.73 Å². The monoisotopic (exact) mass is 125 g/mol. The number of hydrogen-bond donors (Lipinski definition) is 1. The maximum Gasteiger partial charge on any atom is 0.00753 e. The fraction of sp³-hybridized carbons (Fsp3) is 1.00. The van der Waals surface area contributed by atoms with Crippen LogP contribution in [0.4, 0.5) is 0 Å². The van der Waals surface area contributed by atoms with Crippen molar-refractivity contribution in [1.82, 2.24) is 0 Å². The van der Waals surface area contributed by atoms with E-state index in [9.17, 15) is 0 Å². The minimum atomic E-state index is 0.532. The van der Waals surface area contributed by atoms with Crippen molar-refractivity contribution in [2.45, 2.75) is 32.7 Å². The number of rotatable bonds is 0. The van der Waals surface area contributed by atoms with Crippen LogP contribution in [0.1, 0.15) is 26.7 Å². The van der Waals surface area contributed by atoms with Crippen LogP contribution in [-0.4, -0.2) is 6.04 Å². The van der Waals surface area contributed by atoms with E-state index in [0.717, 1.165) is 11.8 Å². The van der Waals surface area contributed by atoms with Crippen LogP contribution in [0.2, 0.25) is 0 Å². The molecular formula is C8H15N. The molecule has 1 nitrogen and oxygen atoms in total. The van der Waals surface area contributed by atoms with Crippen molar-refractivity contribution in [1.29, 1.82) is 0 Å². The first-order chi connectivity index (χ1) is 4.12. The van der Waals surface area contributed by atoms with Gasteiger partial charge in [0.2, 0.25) is 0 Å². The Hall–Kier alpha value is -0.0400. The Bertz CT molecular complexity index is 140. The van der Waals surface area contributed by atoms with Gasteiger partial charge in [0.25, 0.3) is 0 Å². The summed E-state index contributed by atoms with van der Waals surface area (Å²) in [5.41, 5.74) is 6.49. The van der Waals surface area contributed by atoms with E-state index in [1.807, 2.05) is 0 Å². The van der Waals surface area contributed by atoms with Crippen molar-refractivity contribution < 1.29 is 0 Å². The van der Waals surface area contributed by atoms with E-state index in [1.165, 1.54) is 12.8 Å². The van der Waals surface area contributed by atoms with Crippen LogP contribution in [0, 0.1) is 17.3 Å². The molecule has 2 bridgehead atoms.